The van der Waals surface area contributed by atoms with Crippen molar-refractivity contribution in [1.82, 2.24) is 14.9 Å². The predicted octanol–water partition coefficient (Wildman–Crippen LogP) is 3.29. The van der Waals surface area contributed by atoms with Crippen molar-refractivity contribution in [2.75, 3.05) is 5.73 Å². The maximum atomic E-state index is 6.25. The summed E-state index contributed by atoms with van der Waals surface area (Å²) in [4.78, 5) is 0. The first-order valence-corrected chi connectivity index (χ1v) is 6.46. The average Bonchev–Trinajstić information content (AvgIpc) is 2.93. The number of rotatable bonds is 2. The first kappa shape index (κ1) is 12.7. The normalized spacial score (nSPS) is 10.9. The third-order valence-corrected chi connectivity index (χ3v) is 3.46. The summed E-state index contributed by atoms with van der Waals surface area (Å²) >= 11 is 6.25. The Morgan fingerprint density at radius 3 is 2.65 bits per heavy atom. The molecule has 2 aromatic heterocycles. The smallest absolute Gasteiger partial charge is 0.230 e. The molecule has 2 heterocycles. The molecule has 0 bridgehead atoms. The Balaban J connectivity index is 2.26. The summed E-state index contributed by atoms with van der Waals surface area (Å²) in [5, 5.41) is 8.98. The van der Waals surface area contributed by atoms with Crippen LogP contribution < -0.4 is 5.73 Å². The van der Waals surface area contributed by atoms with Crippen LogP contribution in [0.15, 0.2) is 35.0 Å². The highest BCUT2D eigenvalue weighted by atomic mass is 35.5. The van der Waals surface area contributed by atoms with Gasteiger partial charge in [0.1, 0.15) is 5.69 Å². The number of nitrogens with zero attached hydrogens (tertiary/aromatic N) is 3. The minimum Gasteiger partial charge on any atom is -0.367 e. The van der Waals surface area contributed by atoms with Gasteiger partial charge in [-0.3, -0.25) is 4.68 Å². The van der Waals surface area contributed by atoms with Crippen molar-refractivity contribution in [3.8, 4) is 22.4 Å². The second-order valence-electron chi connectivity index (χ2n) is 4.55. The Hall–Kier alpha value is -2.27. The molecule has 0 unspecified atom stereocenters. The Morgan fingerprint density at radius 1 is 1.25 bits per heavy atom. The predicted molar refractivity (Wildman–Crippen MR) is 78.3 cm³/mol. The van der Waals surface area contributed by atoms with Gasteiger partial charge in [0.05, 0.1) is 11.3 Å². The molecule has 0 amide bonds. The third kappa shape index (κ3) is 1.96. The van der Waals surface area contributed by atoms with E-state index in [-0.39, 0.29) is 5.88 Å². The molecule has 0 spiro atoms. The van der Waals surface area contributed by atoms with Gasteiger partial charge >= 0.3 is 0 Å². The van der Waals surface area contributed by atoms with Crippen LogP contribution in [-0.2, 0) is 7.05 Å². The summed E-state index contributed by atoms with van der Waals surface area (Å²) in [6, 6.07) is 7.46. The quantitative estimate of drug-likeness (QED) is 0.785. The SMILES string of the molecule is Cc1nn(C)cc1-c1noc(N)c1-c1ccccc1Cl. The van der Waals surface area contributed by atoms with E-state index in [1.807, 2.05) is 44.4 Å². The lowest BCUT2D eigenvalue weighted by Gasteiger charge is -2.04. The highest BCUT2D eigenvalue weighted by Gasteiger charge is 2.21. The van der Waals surface area contributed by atoms with E-state index < -0.39 is 0 Å². The summed E-state index contributed by atoms with van der Waals surface area (Å²) in [6.07, 6.45) is 1.88. The van der Waals surface area contributed by atoms with E-state index in [0.717, 1.165) is 16.8 Å². The molecule has 0 fully saturated rings. The van der Waals surface area contributed by atoms with Crippen LogP contribution in [0.5, 0.6) is 0 Å². The maximum Gasteiger partial charge on any atom is 0.230 e. The molecular formula is C14H13ClN4O. The second-order valence-corrected chi connectivity index (χ2v) is 4.96. The van der Waals surface area contributed by atoms with Gasteiger partial charge in [-0.1, -0.05) is 35.0 Å². The first-order valence-electron chi connectivity index (χ1n) is 6.08. The topological polar surface area (TPSA) is 69.9 Å². The van der Waals surface area contributed by atoms with Gasteiger partial charge in [0, 0.05) is 29.4 Å². The van der Waals surface area contributed by atoms with Crippen molar-refractivity contribution in [1.29, 1.82) is 0 Å². The fourth-order valence-electron chi connectivity index (χ4n) is 2.24. The molecule has 0 radical (unpaired) electrons. The molecule has 0 saturated heterocycles. The van der Waals surface area contributed by atoms with E-state index in [1.165, 1.54) is 0 Å². The standard InChI is InChI=1S/C14H13ClN4O/c1-8-10(7-19(2)17-8)13-12(14(16)20-18-13)9-5-3-4-6-11(9)15/h3-7H,16H2,1-2H3. The molecule has 0 aliphatic carbocycles. The third-order valence-electron chi connectivity index (χ3n) is 3.13. The molecule has 1 aromatic carbocycles. The maximum absolute atomic E-state index is 6.25. The average molecular weight is 289 g/mol. The molecule has 0 atom stereocenters. The van der Waals surface area contributed by atoms with E-state index in [1.54, 1.807) is 4.68 Å². The van der Waals surface area contributed by atoms with E-state index >= 15 is 0 Å². The largest absolute Gasteiger partial charge is 0.367 e. The van der Waals surface area contributed by atoms with Crippen LogP contribution in [-0.4, -0.2) is 14.9 Å². The highest BCUT2D eigenvalue weighted by Crippen LogP contribution is 2.40. The van der Waals surface area contributed by atoms with Gasteiger partial charge in [0.2, 0.25) is 5.88 Å². The van der Waals surface area contributed by atoms with Crippen LogP contribution in [0.1, 0.15) is 5.69 Å². The van der Waals surface area contributed by atoms with Crippen molar-refractivity contribution < 1.29 is 4.52 Å². The number of hydrogen-bond acceptors (Lipinski definition) is 4. The fourth-order valence-corrected chi connectivity index (χ4v) is 2.47. The van der Waals surface area contributed by atoms with E-state index in [2.05, 4.69) is 10.3 Å². The number of halogens is 1. The number of anilines is 1. The van der Waals surface area contributed by atoms with Crippen molar-refractivity contribution in [2.45, 2.75) is 6.92 Å². The molecule has 102 valence electrons. The molecule has 6 heteroatoms. The van der Waals surface area contributed by atoms with Gasteiger partial charge in [-0.2, -0.15) is 5.10 Å². The van der Waals surface area contributed by atoms with Crippen molar-refractivity contribution >= 4 is 17.5 Å². The number of aromatic nitrogens is 3. The summed E-state index contributed by atoms with van der Waals surface area (Å²) in [6.45, 7) is 1.91. The van der Waals surface area contributed by atoms with Gasteiger partial charge in [-0.25, -0.2) is 0 Å². The van der Waals surface area contributed by atoms with Crippen molar-refractivity contribution in [3.05, 3.63) is 41.2 Å². The summed E-state index contributed by atoms with van der Waals surface area (Å²) < 4.78 is 6.88. The van der Waals surface area contributed by atoms with Crippen LogP contribution in [0.25, 0.3) is 22.4 Å². The van der Waals surface area contributed by atoms with Crippen LogP contribution in [0.3, 0.4) is 0 Å². The minimum atomic E-state index is 0.247. The molecule has 0 saturated carbocycles. The van der Waals surface area contributed by atoms with Crippen molar-refractivity contribution in [2.24, 2.45) is 7.05 Å². The molecule has 3 rings (SSSR count). The fraction of sp³-hybridized carbons (Fsp3) is 0.143. The first-order chi connectivity index (χ1) is 9.58. The van der Waals surface area contributed by atoms with Gasteiger partial charge in [-0.15, -0.1) is 0 Å². The second kappa shape index (κ2) is 4.68. The Morgan fingerprint density at radius 2 is 2.00 bits per heavy atom. The molecular weight excluding hydrogens is 276 g/mol. The number of benzene rings is 1. The van der Waals surface area contributed by atoms with Crippen molar-refractivity contribution in [3.63, 3.8) is 0 Å². The molecule has 0 aliphatic rings. The summed E-state index contributed by atoms with van der Waals surface area (Å²) in [5.74, 6) is 0.247. The Labute approximate surface area is 120 Å². The molecule has 3 aromatic rings. The lowest BCUT2D eigenvalue weighted by molar-refractivity contribution is 0.439. The molecule has 20 heavy (non-hydrogen) atoms. The Kier molecular flexibility index (Phi) is 2.99. The number of nitrogens with two attached hydrogens (primary N) is 1. The van der Waals surface area contributed by atoms with Crippen LogP contribution >= 0.6 is 11.6 Å². The van der Waals surface area contributed by atoms with Gasteiger partial charge in [0.25, 0.3) is 0 Å². The summed E-state index contributed by atoms with van der Waals surface area (Å²) in [7, 11) is 1.86. The molecule has 0 aliphatic heterocycles. The van der Waals surface area contributed by atoms with Gasteiger partial charge in [0.15, 0.2) is 0 Å². The van der Waals surface area contributed by atoms with Gasteiger partial charge < -0.3 is 10.3 Å². The highest BCUT2D eigenvalue weighted by molar-refractivity contribution is 6.33. The lowest BCUT2D eigenvalue weighted by Crippen LogP contribution is -1.89. The van der Waals surface area contributed by atoms with Crippen LogP contribution in [0.2, 0.25) is 5.02 Å². The van der Waals surface area contributed by atoms with Crippen LogP contribution in [0, 0.1) is 6.92 Å². The molecule has 5 nitrogen and oxygen atoms in total. The zero-order valence-corrected chi connectivity index (χ0v) is 11.8. The van der Waals surface area contributed by atoms with E-state index in [4.69, 9.17) is 21.9 Å². The number of hydrogen-bond donors (Lipinski definition) is 1. The monoisotopic (exact) mass is 288 g/mol. The molecule has 2 N–H and O–H groups in total. The van der Waals surface area contributed by atoms with E-state index in [0.29, 0.717) is 16.3 Å². The summed E-state index contributed by atoms with van der Waals surface area (Å²) in [5.41, 5.74) is 9.81. The van der Waals surface area contributed by atoms with Crippen LogP contribution in [0.4, 0.5) is 5.88 Å². The number of aryl methyl sites for hydroxylation is 2. The Bertz CT molecular complexity index is 775. The number of nitrogen functional groups attached to an aromatic ring is 1. The zero-order valence-electron chi connectivity index (χ0n) is 11.1. The zero-order chi connectivity index (χ0) is 14.3. The minimum absolute atomic E-state index is 0.247. The lowest BCUT2D eigenvalue weighted by atomic mass is 10.0. The van der Waals surface area contributed by atoms with E-state index in [9.17, 15) is 0 Å². The van der Waals surface area contributed by atoms with Gasteiger partial charge in [-0.05, 0) is 13.0 Å².